The van der Waals surface area contributed by atoms with Crippen LogP contribution in [0.5, 0.6) is 0 Å². The molecule has 8 nitrogen and oxygen atoms in total. The number of ether oxygens (including phenoxy) is 4. The predicted octanol–water partition coefficient (Wildman–Crippen LogP) is 6.32. The molecule has 0 saturated carbocycles. The van der Waals surface area contributed by atoms with E-state index in [4.69, 9.17) is 18.9 Å². The first-order chi connectivity index (χ1) is 16.5. The summed E-state index contributed by atoms with van der Waals surface area (Å²) in [7, 11) is 0. The molecule has 37 heavy (non-hydrogen) atoms. The molecule has 0 amide bonds. The average molecular weight is 529 g/mol. The molecule has 0 aromatic carbocycles. The van der Waals surface area contributed by atoms with Crippen molar-refractivity contribution in [1.29, 1.82) is 0 Å². The maximum atomic E-state index is 12.7. The van der Waals surface area contributed by atoms with Crippen LogP contribution < -0.4 is 0 Å². The summed E-state index contributed by atoms with van der Waals surface area (Å²) in [5.41, 5.74) is -2.60. The van der Waals surface area contributed by atoms with Crippen LogP contribution in [-0.2, 0) is 38.1 Å². The van der Waals surface area contributed by atoms with E-state index in [9.17, 15) is 19.2 Å². The highest BCUT2D eigenvalue weighted by molar-refractivity contribution is 5.81. The Bertz CT molecular complexity index is 693. The Labute approximate surface area is 224 Å². The first-order valence-corrected chi connectivity index (χ1v) is 13.4. The predicted molar refractivity (Wildman–Crippen MR) is 143 cm³/mol. The zero-order chi connectivity index (χ0) is 29.2. The molecule has 0 aromatic heterocycles. The fourth-order valence-corrected chi connectivity index (χ4v) is 3.50. The third-order valence-electron chi connectivity index (χ3n) is 4.75. The molecule has 216 valence electrons. The van der Waals surface area contributed by atoms with E-state index >= 15 is 0 Å². The van der Waals surface area contributed by atoms with Gasteiger partial charge in [-0.05, 0) is 95.9 Å². The molecular weight excluding hydrogens is 476 g/mol. The molecular formula is C29H52O8. The van der Waals surface area contributed by atoms with Gasteiger partial charge >= 0.3 is 23.9 Å². The number of hydrogen-bond donors (Lipinski definition) is 0. The topological polar surface area (TPSA) is 105 Å². The fourth-order valence-electron chi connectivity index (χ4n) is 3.50. The maximum Gasteiger partial charge on any atom is 0.310 e. The quantitative estimate of drug-likeness (QED) is 0.165. The van der Waals surface area contributed by atoms with Crippen LogP contribution in [0.2, 0.25) is 0 Å². The lowest BCUT2D eigenvalue weighted by Gasteiger charge is -2.26. The molecule has 0 unspecified atom stereocenters. The van der Waals surface area contributed by atoms with Crippen LogP contribution in [0.15, 0.2) is 0 Å². The first-order valence-electron chi connectivity index (χ1n) is 13.4. The van der Waals surface area contributed by atoms with E-state index in [0.717, 1.165) is 0 Å². The molecule has 0 N–H and O–H groups in total. The van der Waals surface area contributed by atoms with Crippen LogP contribution in [0.25, 0.3) is 0 Å². The summed E-state index contributed by atoms with van der Waals surface area (Å²) in [4.78, 5) is 50.3. The van der Waals surface area contributed by atoms with Crippen molar-refractivity contribution in [3.05, 3.63) is 0 Å². The summed E-state index contributed by atoms with van der Waals surface area (Å²) in [5.74, 6) is -2.95. The van der Waals surface area contributed by atoms with Gasteiger partial charge in [-0.3, -0.25) is 19.2 Å². The molecule has 0 radical (unpaired) electrons. The zero-order valence-electron chi connectivity index (χ0n) is 25.4. The Morgan fingerprint density at radius 2 is 0.730 bits per heavy atom. The van der Waals surface area contributed by atoms with Crippen molar-refractivity contribution in [3.8, 4) is 0 Å². The molecule has 0 saturated heterocycles. The molecule has 8 heteroatoms. The van der Waals surface area contributed by atoms with Crippen molar-refractivity contribution in [3.63, 3.8) is 0 Å². The molecule has 0 aromatic rings. The Morgan fingerprint density at radius 3 is 0.973 bits per heavy atom. The normalized spacial score (nSPS) is 14.4. The van der Waals surface area contributed by atoms with Crippen molar-refractivity contribution in [2.45, 2.75) is 150 Å². The molecule has 2 atom stereocenters. The molecule has 0 bridgehead atoms. The van der Waals surface area contributed by atoms with E-state index < -0.39 is 58.1 Å². The summed E-state index contributed by atoms with van der Waals surface area (Å²) in [6.45, 7) is 21.4. The van der Waals surface area contributed by atoms with E-state index in [1.54, 1.807) is 83.1 Å². The second-order valence-corrected chi connectivity index (χ2v) is 13.7. The monoisotopic (exact) mass is 528 g/mol. The number of esters is 4. The van der Waals surface area contributed by atoms with Crippen LogP contribution >= 0.6 is 0 Å². The van der Waals surface area contributed by atoms with Gasteiger partial charge in [-0.25, -0.2) is 0 Å². The summed E-state index contributed by atoms with van der Waals surface area (Å²) in [6, 6.07) is 0. The third-order valence-corrected chi connectivity index (χ3v) is 4.75. The molecule has 0 aliphatic rings. The van der Waals surface area contributed by atoms with E-state index in [-0.39, 0.29) is 12.8 Å². The summed E-state index contributed by atoms with van der Waals surface area (Å²) in [5, 5.41) is 0. The highest BCUT2D eigenvalue weighted by Crippen LogP contribution is 2.25. The van der Waals surface area contributed by atoms with Gasteiger partial charge in [0.25, 0.3) is 0 Å². The van der Waals surface area contributed by atoms with Crippen LogP contribution in [0.4, 0.5) is 0 Å². The molecule has 0 rings (SSSR count). The minimum atomic E-state index is -0.661. The van der Waals surface area contributed by atoms with Gasteiger partial charge in [-0.1, -0.05) is 19.3 Å². The molecule has 0 heterocycles. The minimum Gasteiger partial charge on any atom is -0.460 e. The number of carbonyl (C=O) groups is 4. The van der Waals surface area contributed by atoms with Crippen molar-refractivity contribution < 1.29 is 38.1 Å². The molecule has 0 spiro atoms. The highest BCUT2D eigenvalue weighted by atomic mass is 16.6. The van der Waals surface area contributed by atoms with Gasteiger partial charge in [0, 0.05) is 0 Å². The Kier molecular flexibility index (Phi) is 13.3. The van der Waals surface area contributed by atoms with E-state index in [2.05, 4.69) is 0 Å². The molecule has 0 aliphatic carbocycles. The van der Waals surface area contributed by atoms with Crippen LogP contribution in [-0.4, -0.2) is 46.3 Å². The zero-order valence-corrected chi connectivity index (χ0v) is 25.4. The number of rotatable bonds is 12. The van der Waals surface area contributed by atoms with Gasteiger partial charge in [0.15, 0.2) is 0 Å². The van der Waals surface area contributed by atoms with Crippen LogP contribution in [0, 0.1) is 11.8 Å². The first kappa shape index (κ1) is 34.9. The largest absolute Gasteiger partial charge is 0.460 e. The van der Waals surface area contributed by atoms with Crippen molar-refractivity contribution in [1.82, 2.24) is 0 Å². The third kappa shape index (κ3) is 19.6. The summed E-state index contributed by atoms with van der Waals surface area (Å²) in [6.07, 6.45) is 2.83. The lowest BCUT2D eigenvalue weighted by Crippen LogP contribution is -2.32. The second-order valence-electron chi connectivity index (χ2n) is 13.7. The number of carbonyl (C=O) groups excluding carboxylic acids is 4. The number of unbranched alkanes of at least 4 members (excludes halogenated alkanes) is 2. The lowest BCUT2D eigenvalue weighted by atomic mass is 9.94. The minimum absolute atomic E-state index is 0.0502. The van der Waals surface area contributed by atoms with Gasteiger partial charge in [-0.2, -0.15) is 0 Å². The van der Waals surface area contributed by atoms with E-state index in [1.165, 1.54) is 0 Å². The maximum absolute atomic E-state index is 12.7. The fraction of sp³-hybridized carbons (Fsp3) is 0.862. The van der Waals surface area contributed by atoms with Gasteiger partial charge in [0.2, 0.25) is 0 Å². The molecule has 0 fully saturated rings. The number of hydrogen-bond acceptors (Lipinski definition) is 8. The average Bonchev–Trinajstić information content (AvgIpc) is 2.59. The Morgan fingerprint density at radius 1 is 0.459 bits per heavy atom. The lowest BCUT2D eigenvalue weighted by molar-refractivity contribution is -0.167. The van der Waals surface area contributed by atoms with Crippen molar-refractivity contribution in [2.75, 3.05) is 0 Å². The second kappa shape index (κ2) is 14.1. The van der Waals surface area contributed by atoms with Gasteiger partial charge in [0.05, 0.1) is 24.7 Å². The van der Waals surface area contributed by atoms with Crippen molar-refractivity contribution in [2.24, 2.45) is 11.8 Å². The van der Waals surface area contributed by atoms with E-state index in [0.29, 0.717) is 32.1 Å². The van der Waals surface area contributed by atoms with Gasteiger partial charge < -0.3 is 18.9 Å². The Balaban J connectivity index is 5.12. The standard InChI is InChI=1S/C29H52O8/c1-26(2,3)34-22(30)18-20(24(32)36-28(7,8)9)16-14-13-15-17-21(25(33)37-29(10,11)12)19-23(31)35-27(4,5)6/h20-21H,13-19H2,1-12H3/t20-,21-/m0/s1. The van der Waals surface area contributed by atoms with Gasteiger partial charge in [-0.15, -0.1) is 0 Å². The summed E-state index contributed by atoms with van der Waals surface area (Å²) >= 11 is 0. The highest BCUT2D eigenvalue weighted by Gasteiger charge is 2.31. The van der Waals surface area contributed by atoms with Crippen molar-refractivity contribution >= 4 is 23.9 Å². The van der Waals surface area contributed by atoms with Gasteiger partial charge in [0.1, 0.15) is 22.4 Å². The van der Waals surface area contributed by atoms with E-state index in [1.807, 2.05) is 0 Å². The van der Waals surface area contributed by atoms with Crippen LogP contribution in [0.3, 0.4) is 0 Å². The smallest absolute Gasteiger partial charge is 0.310 e. The Hall–Kier alpha value is -2.12. The molecule has 0 aliphatic heterocycles. The SMILES string of the molecule is CC(C)(C)OC(=O)C[C@H](CCCCC[C@@H](CC(=O)OC(C)(C)C)C(=O)OC(C)(C)C)C(=O)OC(C)(C)C. The van der Waals surface area contributed by atoms with Crippen LogP contribution in [0.1, 0.15) is 128 Å². The summed E-state index contributed by atoms with van der Waals surface area (Å²) < 4.78 is 21.9.